The van der Waals surface area contributed by atoms with Crippen LogP contribution in [0.4, 0.5) is 0 Å². The summed E-state index contributed by atoms with van der Waals surface area (Å²) in [6, 6.07) is 2.73. The Morgan fingerprint density at radius 2 is 2.47 bits per heavy atom. The van der Waals surface area contributed by atoms with Gasteiger partial charge < -0.3 is 4.74 Å². The highest BCUT2D eigenvalue weighted by Gasteiger charge is 2.23. The molecule has 1 aliphatic rings. The zero-order valence-electron chi connectivity index (χ0n) is 9.48. The van der Waals surface area contributed by atoms with E-state index >= 15 is 0 Å². The van der Waals surface area contributed by atoms with Crippen molar-refractivity contribution in [3.8, 4) is 6.07 Å². The predicted molar refractivity (Wildman–Crippen MR) is 60.5 cm³/mol. The molecule has 84 valence electrons. The standard InChI is InChI=1S/C12H20N2O/c1-2-3-10-15-11-12-6-4-8-14(12)9-5-7-13/h2-3,12H,4-6,8-11H2,1H3/b3-2+/t12-/m0/s1. The summed E-state index contributed by atoms with van der Waals surface area (Å²) in [7, 11) is 0. The molecule has 0 N–H and O–H groups in total. The smallest absolute Gasteiger partial charge is 0.0648 e. The molecule has 0 radical (unpaired) electrons. The second kappa shape index (κ2) is 7.44. The van der Waals surface area contributed by atoms with Crippen molar-refractivity contribution in [3.05, 3.63) is 12.2 Å². The first-order valence-corrected chi connectivity index (χ1v) is 5.68. The van der Waals surface area contributed by atoms with Gasteiger partial charge in [0.1, 0.15) is 0 Å². The van der Waals surface area contributed by atoms with Crippen molar-refractivity contribution in [2.24, 2.45) is 0 Å². The van der Waals surface area contributed by atoms with Gasteiger partial charge in [-0.3, -0.25) is 4.90 Å². The molecule has 0 aromatic rings. The predicted octanol–water partition coefficient (Wildman–Crippen LogP) is 1.96. The van der Waals surface area contributed by atoms with Gasteiger partial charge in [-0.15, -0.1) is 0 Å². The molecule has 1 heterocycles. The highest BCUT2D eigenvalue weighted by atomic mass is 16.5. The Morgan fingerprint density at radius 1 is 1.60 bits per heavy atom. The van der Waals surface area contributed by atoms with E-state index in [0.717, 1.165) is 19.7 Å². The van der Waals surface area contributed by atoms with Crippen LogP contribution in [0.2, 0.25) is 0 Å². The summed E-state index contributed by atoms with van der Waals surface area (Å²) in [6.07, 6.45) is 7.10. The molecule has 0 saturated carbocycles. The van der Waals surface area contributed by atoms with Crippen molar-refractivity contribution >= 4 is 0 Å². The number of allylic oxidation sites excluding steroid dienone is 1. The van der Waals surface area contributed by atoms with Crippen LogP contribution in [0.15, 0.2) is 12.2 Å². The largest absolute Gasteiger partial charge is 0.376 e. The van der Waals surface area contributed by atoms with Crippen LogP contribution >= 0.6 is 0 Å². The lowest BCUT2D eigenvalue weighted by molar-refractivity contribution is 0.0952. The molecule has 0 aliphatic carbocycles. The van der Waals surface area contributed by atoms with E-state index in [-0.39, 0.29) is 0 Å². The fourth-order valence-corrected chi connectivity index (χ4v) is 1.94. The van der Waals surface area contributed by atoms with E-state index in [1.807, 2.05) is 19.1 Å². The first-order valence-electron chi connectivity index (χ1n) is 5.68. The van der Waals surface area contributed by atoms with Gasteiger partial charge in [0.2, 0.25) is 0 Å². The molecule has 1 rings (SSSR count). The molecule has 0 aromatic heterocycles. The molecule has 1 saturated heterocycles. The van der Waals surface area contributed by atoms with E-state index in [2.05, 4.69) is 11.0 Å². The van der Waals surface area contributed by atoms with Crippen LogP contribution in [0.3, 0.4) is 0 Å². The summed E-state index contributed by atoms with van der Waals surface area (Å²) in [4.78, 5) is 2.37. The van der Waals surface area contributed by atoms with Crippen LogP contribution in [0.1, 0.15) is 26.2 Å². The highest BCUT2D eigenvalue weighted by Crippen LogP contribution is 2.17. The molecule has 0 unspecified atom stereocenters. The van der Waals surface area contributed by atoms with Crippen LogP contribution in [0.25, 0.3) is 0 Å². The van der Waals surface area contributed by atoms with Gasteiger partial charge in [0.15, 0.2) is 0 Å². The van der Waals surface area contributed by atoms with Crippen molar-refractivity contribution in [1.29, 1.82) is 5.26 Å². The summed E-state index contributed by atoms with van der Waals surface area (Å²) in [5.41, 5.74) is 0. The molecule has 1 fully saturated rings. The van der Waals surface area contributed by atoms with E-state index in [1.165, 1.54) is 12.8 Å². The molecule has 3 nitrogen and oxygen atoms in total. The number of nitrogens with zero attached hydrogens (tertiary/aromatic N) is 2. The Morgan fingerprint density at radius 3 is 3.20 bits per heavy atom. The molecule has 3 heteroatoms. The quantitative estimate of drug-likeness (QED) is 0.494. The molecule has 0 spiro atoms. The molecular formula is C12H20N2O. The number of hydrogen-bond donors (Lipinski definition) is 0. The van der Waals surface area contributed by atoms with E-state index in [4.69, 9.17) is 10.00 Å². The minimum absolute atomic E-state index is 0.531. The van der Waals surface area contributed by atoms with Gasteiger partial charge in [-0.25, -0.2) is 0 Å². The Bertz CT molecular complexity index is 232. The summed E-state index contributed by atoms with van der Waals surface area (Å²) in [5.74, 6) is 0. The van der Waals surface area contributed by atoms with Gasteiger partial charge in [-0.2, -0.15) is 5.26 Å². The topological polar surface area (TPSA) is 36.3 Å². The maximum atomic E-state index is 8.54. The van der Waals surface area contributed by atoms with Crippen LogP contribution < -0.4 is 0 Å². The van der Waals surface area contributed by atoms with Crippen molar-refractivity contribution < 1.29 is 4.74 Å². The lowest BCUT2D eigenvalue weighted by atomic mass is 10.2. The second-order valence-electron chi connectivity index (χ2n) is 3.85. The maximum absolute atomic E-state index is 8.54. The third-order valence-electron chi connectivity index (χ3n) is 2.77. The molecular weight excluding hydrogens is 188 g/mol. The van der Waals surface area contributed by atoms with Crippen LogP contribution in [0.5, 0.6) is 0 Å². The zero-order chi connectivity index (χ0) is 10.9. The summed E-state index contributed by atoms with van der Waals surface area (Å²) in [6.45, 7) is 5.53. The third-order valence-corrected chi connectivity index (χ3v) is 2.77. The van der Waals surface area contributed by atoms with Gasteiger partial charge in [-0.05, 0) is 26.3 Å². The molecule has 0 bridgehead atoms. The van der Waals surface area contributed by atoms with Gasteiger partial charge in [0.05, 0.1) is 19.3 Å². The fraction of sp³-hybridized carbons (Fsp3) is 0.750. The number of hydrogen-bond acceptors (Lipinski definition) is 3. The van der Waals surface area contributed by atoms with Crippen molar-refractivity contribution in [2.75, 3.05) is 26.3 Å². The first kappa shape index (κ1) is 12.2. The van der Waals surface area contributed by atoms with Crippen molar-refractivity contribution in [1.82, 2.24) is 4.90 Å². The van der Waals surface area contributed by atoms with E-state index in [9.17, 15) is 0 Å². The average Bonchev–Trinajstić information content (AvgIpc) is 2.69. The summed E-state index contributed by atoms with van der Waals surface area (Å²) < 4.78 is 5.56. The van der Waals surface area contributed by atoms with Crippen molar-refractivity contribution in [3.63, 3.8) is 0 Å². The monoisotopic (exact) mass is 208 g/mol. The third kappa shape index (κ3) is 4.46. The minimum atomic E-state index is 0.531. The number of ether oxygens (including phenoxy) is 1. The van der Waals surface area contributed by atoms with E-state index in [0.29, 0.717) is 19.1 Å². The molecule has 1 atom stereocenters. The van der Waals surface area contributed by atoms with Gasteiger partial charge in [-0.1, -0.05) is 12.2 Å². The van der Waals surface area contributed by atoms with Crippen LogP contribution in [-0.4, -0.2) is 37.2 Å². The lowest BCUT2D eigenvalue weighted by Gasteiger charge is -2.22. The second-order valence-corrected chi connectivity index (χ2v) is 3.85. The Balaban J connectivity index is 2.18. The average molecular weight is 208 g/mol. The van der Waals surface area contributed by atoms with Gasteiger partial charge >= 0.3 is 0 Å². The molecule has 15 heavy (non-hydrogen) atoms. The van der Waals surface area contributed by atoms with Crippen LogP contribution in [0, 0.1) is 11.3 Å². The highest BCUT2D eigenvalue weighted by molar-refractivity contribution is 4.83. The van der Waals surface area contributed by atoms with Crippen molar-refractivity contribution in [2.45, 2.75) is 32.2 Å². The Hall–Kier alpha value is -0.850. The number of rotatable bonds is 6. The lowest BCUT2D eigenvalue weighted by Crippen LogP contribution is -2.33. The molecule has 0 amide bonds. The molecule has 1 aliphatic heterocycles. The minimum Gasteiger partial charge on any atom is -0.376 e. The van der Waals surface area contributed by atoms with E-state index in [1.54, 1.807) is 0 Å². The number of nitriles is 1. The normalized spacial score (nSPS) is 22.3. The fourth-order valence-electron chi connectivity index (χ4n) is 1.94. The van der Waals surface area contributed by atoms with Gasteiger partial charge in [0.25, 0.3) is 0 Å². The van der Waals surface area contributed by atoms with Crippen LogP contribution in [-0.2, 0) is 4.74 Å². The summed E-state index contributed by atoms with van der Waals surface area (Å²) >= 11 is 0. The first-order chi connectivity index (χ1) is 7.38. The zero-order valence-corrected chi connectivity index (χ0v) is 9.48. The van der Waals surface area contributed by atoms with E-state index < -0.39 is 0 Å². The Labute approximate surface area is 92.3 Å². The molecule has 0 aromatic carbocycles. The maximum Gasteiger partial charge on any atom is 0.0648 e. The number of likely N-dealkylation sites (tertiary alicyclic amines) is 1. The Kier molecular flexibility index (Phi) is 6.06. The SMILES string of the molecule is C/C=C/COC[C@@H]1CCCN1CCC#N. The van der Waals surface area contributed by atoms with Gasteiger partial charge in [0, 0.05) is 19.0 Å². The summed E-state index contributed by atoms with van der Waals surface area (Å²) in [5, 5.41) is 8.54.